The Morgan fingerprint density at radius 2 is 1.90 bits per heavy atom. The summed E-state index contributed by atoms with van der Waals surface area (Å²) < 4.78 is 11.0. The molecule has 0 N–H and O–H groups in total. The number of hydrogen-bond donors (Lipinski definition) is 0. The summed E-state index contributed by atoms with van der Waals surface area (Å²) in [7, 11) is 1.80. The number of anilines is 1. The molecule has 5 rings (SSSR count). The molecule has 1 aromatic carbocycles. The molecule has 2 aliphatic carbocycles. The minimum Gasteiger partial charge on any atom is -0.445 e. The van der Waals surface area contributed by atoms with Crippen molar-refractivity contribution in [2.75, 3.05) is 77.6 Å². The van der Waals surface area contributed by atoms with Crippen molar-refractivity contribution in [3.63, 3.8) is 0 Å². The van der Waals surface area contributed by atoms with Crippen molar-refractivity contribution in [1.29, 1.82) is 0 Å². The summed E-state index contributed by atoms with van der Waals surface area (Å²) in [6.07, 6.45) is 5.72. The Morgan fingerprint density at radius 1 is 1.15 bits per heavy atom. The summed E-state index contributed by atoms with van der Waals surface area (Å²) in [6.45, 7) is 8.55. The van der Waals surface area contributed by atoms with Gasteiger partial charge in [0.2, 0.25) is 5.91 Å². The SMILES string of the molecule is CN(C(=O)OCC1=CC(C)(Cl)CC(Cl)=C1)C1CCc2ccc(N3CCN(C(=O)CN4CCOCC4)CC3)cc21. The van der Waals surface area contributed by atoms with Gasteiger partial charge in [-0.3, -0.25) is 9.69 Å². The van der Waals surface area contributed by atoms with Crippen molar-refractivity contribution >= 4 is 40.9 Å². The number of halogens is 2. The lowest BCUT2D eigenvalue weighted by molar-refractivity contribution is -0.133. The topological polar surface area (TPSA) is 65.6 Å². The normalized spacial score (nSPS) is 25.6. The molecular weight excluding hydrogens is 539 g/mol. The second-order valence-electron chi connectivity index (χ2n) is 11.1. The van der Waals surface area contributed by atoms with Gasteiger partial charge >= 0.3 is 6.09 Å². The number of ether oxygens (including phenoxy) is 2. The highest BCUT2D eigenvalue weighted by Crippen LogP contribution is 2.38. The molecule has 8 nitrogen and oxygen atoms in total. The third-order valence-electron chi connectivity index (χ3n) is 8.10. The van der Waals surface area contributed by atoms with Gasteiger partial charge < -0.3 is 24.2 Å². The summed E-state index contributed by atoms with van der Waals surface area (Å²) in [5.74, 6) is 0.197. The molecule has 39 heavy (non-hydrogen) atoms. The number of hydrogen-bond acceptors (Lipinski definition) is 6. The van der Waals surface area contributed by atoms with Crippen LogP contribution in [0.15, 0.2) is 41.0 Å². The first-order valence-electron chi connectivity index (χ1n) is 13.8. The third-order valence-corrected chi connectivity index (χ3v) is 8.58. The van der Waals surface area contributed by atoms with Crippen LogP contribution in [-0.2, 0) is 20.7 Å². The van der Waals surface area contributed by atoms with Crippen molar-refractivity contribution in [1.82, 2.24) is 14.7 Å². The lowest BCUT2D eigenvalue weighted by atomic mass is 9.97. The molecule has 0 aromatic heterocycles. The standard InChI is InChI=1S/C29H38Cl2N4O4/c1-29(31)17-21(15-23(30)18-29)20-39-28(37)32(2)26-6-4-22-3-5-24(16-25(22)26)34-7-9-35(10-8-34)27(36)19-33-11-13-38-14-12-33/h3,5,15-17,26H,4,6-14,18-20H2,1-2H3. The fourth-order valence-electron chi connectivity index (χ4n) is 5.95. The van der Waals surface area contributed by atoms with E-state index in [4.69, 9.17) is 32.7 Å². The van der Waals surface area contributed by atoms with Crippen molar-refractivity contribution < 1.29 is 19.1 Å². The number of nitrogens with zero attached hydrogens (tertiary/aromatic N) is 4. The lowest BCUT2D eigenvalue weighted by Crippen LogP contribution is -2.52. The summed E-state index contributed by atoms with van der Waals surface area (Å²) in [4.78, 5) is 33.4. The largest absolute Gasteiger partial charge is 0.445 e. The molecule has 0 saturated carbocycles. The Bertz CT molecular complexity index is 1140. The first-order valence-corrected chi connectivity index (χ1v) is 14.6. The van der Waals surface area contributed by atoms with E-state index in [2.05, 4.69) is 28.0 Å². The number of aryl methyl sites for hydroxylation is 1. The summed E-state index contributed by atoms with van der Waals surface area (Å²) in [5, 5.41) is 0.661. The lowest BCUT2D eigenvalue weighted by Gasteiger charge is -2.37. The van der Waals surface area contributed by atoms with Crippen LogP contribution in [0.1, 0.15) is 36.9 Å². The van der Waals surface area contributed by atoms with Gasteiger partial charge in [0, 0.05) is 63.5 Å². The Morgan fingerprint density at radius 3 is 2.62 bits per heavy atom. The number of allylic oxidation sites excluding steroid dienone is 2. The molecule has 212 valence electrons. The average Bonchev–Trinajstić information content (AvgIpc) is 3.34. The smallest absolute Gasteiger partial charge is 0.410 e. The van der Waals surface area contributed by atoms with Gasteiger partial charge in [-0.15, -0.1) is 11.6 Å². The second kappa shape index (κ2) is 12.1. The predicted molar refractivity (Wildman–Crippen MR) is 154 cm³/mol. The number of benzene rings is 1. The van der Waals surface area contributed by atoms with E-state index >= 15 is 0 Å². The Labute approximate surface area is 241 Å². The number of fused-ring (bicyclic) bond motifs is 1. The van der Waals surface area contributed by atoms with E-state index in [0.717, 1.165) is 50.3 Å². The number of carbonyl (C=O) groups excluding carboxylic acids is 2. The molecule has 2 atom stereocenters. The monoisotopic (exact) mass is 576 g/mol. The highest BCUT2D eigenvalue weighted by atomic mass is 35.5. The molecule has 2 aliphatic heterocycles. The van der Waals surface area contributed by atoms with Crippen LogP contribution in [0.25, 0.3) is 0 Å². The molecule has 2 fully saturated rings. The first-order chi connectivity index (χ1) is 18.7. The number of alkyl halides is 1. The van der Waals surface area contributed by atoms with Crippen LogP contribution < -0.4 is 4.90 Å². The van der Waals surface area contributed by atoms with E-state index in [1.165, 1.54) is 11.1 Å². The Balaban J connectivity index is 1.16. The van der Waals surface area contributed by atoms with E-state index in [-0.39, 0.29) is 24.6 Å². The van der Waals surface area contributed by atoms with Gasteiger partial charge in [0.25, 0.3) is 0 Å². The molecule has 10 heteroatoms. The number of carbonyl (C=O) groups is 2. The highest BCUT2D eigenvalue weighted by Gasteiger charge is 2.32. The van der Waals surface area contributed by atoms with Gasteiger partial charge in [-0.25, -0.2) is 4.79 Å². The zero-order valence-corrected chi connectivity index (χ0v) is 24.3. The van der Waals surface area contributed by atoms with Crippen molar-refractivity contribution in [3.05, 3.63) is 52.1 Å². The number of amides is 2. The Kier molecular flexibility index (Phi) is 8.76. The molecule has 2 unspecified atom stereocenters. The maximum Gasteiger partial charge on any atom is 0.410 e. The maximum absolute atomic E-state index is 13.0. The molecule has 2 saturated heterocycles. The number of rotatable bonds is 6. The zero-order valence-electron chi connectivity index (χ0n) is 22.8. The van der Waals surface area contributed by atoms with E-state index in [1.807, 2.05) is 24.0 Å². The van der Waals surface area contributed by atoms with E-state index < -0.39 is 4.87 Å². The number of morpholine rings is 1. The van der Waals surface area contributed by atoms with Gasteiger partial charge in [-0.2, -0.15) is 0 Å². The molecule has 0 radical (unpaired) electrons. The fraction of sp³-hybridized carbons (Fsp3) is 0.586. The molecule has 0 bridgehead atoms. The van der Waals surface area contributed by atoms with Gasteiger partial charge in [0.1, 0.15) is 6.61 Å². The van der Waals surface area contributed by atoms with Crippen LogP contribution in [0.3, 0.4) is 0 Å². The van der Waals surface area contributed by atoms with E-state index in [0.29, 0.717) is 44.3 Å². The predicted octanol–water partition coefficient (Wildman–Crippen LogP) is 4.17. The maximum atomic E-state index is 13.0. The van der Waals surface area contributed by atoms with Crippen molar-refractivity contribution in [2.45, 2.75) is 37.1 Å². The first kappa shape index (κ1) is 28.3. The summed E-state index contributed by atoms with van der Waals surface area (Å²) in [5.41, 5.74) is 4.38. The van der Waals surface area contributed by atoms with Crippen LogP contribution >= 0.6 is 23.2 Å². The highest BCUT2D eigenvalue weighted by molar-refractivity contribution is 6.32. The average molecular weight is 578 g/mol. The van der Waals surface area contributed by atoms with E-state index in [9.17, 15) is 9.59 Å². The molecular formula is C29H38Cl2N4O4. The molecule has 0 spiro atoms. The third kappa shape index (κ3) is 6.91. The van der Waals surface area contributed by atoms with Gasteiger partial charge in [0.05, 0.1) is 30.7 Å². The van der Waals surface area contributed by atoms with E-state index in [1.54, 1.807) is 11.9 Å². The molecule has 4 aliphatic rings. The van der Waals surface area contributed by atoms with Crippen LogP contribution in [0.2, 0.25) is 0 Å². The van der Waals surface area contributed by atoms with Crippen LogP contribution in [-0.4, -0.2) is 104 Å². The van der Waals surface area contributed by atoms with Gasteiger partial charge in [-0.1, -0.05) is 23.7 Å². The minimum absolute atomic E-state index is 0.0402. The molecule has 2 heterocycles. The van der Waals surface area contributed by atoms with Gasteiger partial charge in [-0.05, 0) is 54.7 Å². The minimum atomic E-state index is -0.568. The van der Waals surface area contributed by atoms with Crippen molar-refractivity contribution in [3.8, 4) is 0 Å². The van der Waals surface area contributed by atoms with Gasteiger partial charge in [0.15, 0.2) is 0 Å². The van der Waals surface area contributed by atoms with Crippen molar-refractivity contribution in [2.24, 2.45) is 0 Å². The zero-order chi connectivity index (χ0) is 27.6. The molecule has 1 aromatic rings. The quantitative estimate of drug-likeness (QED) is 0.473. The second-order valence-corrected chi connectivity index (χ2v) is 12.5. The van der Waals surface area contributed by atoms with Crippen LogP contribution in [0.4, 0.5) is 10.5 Å². The summed E-state index contributed by atoms with van der Waals surface area (Å²) in [6, 6.07) is 6.52. The Hall–Kier alpha value is -2.26. The molecule has 2 amide bonds. The summed E-state index contributed by atoms with van der Waals surface area (Å²) >= 11 is 12.7. The fourth-order valence-corrected chi connectivity index (χ4v) is 6.72. The van der Waals surface area contributed by atoms with Crippen LogP contribution in [0, 0.1) is 0 Å². The number of piperazine rings is 1. The van der Waals surface area contributed by atoms with Crippen LogP contribution in [0.5, 0.6) is 0 Å².